The second-order valence-corrected chi connectivity index (χ2v) is 8.38. The number of para-hydroxylation sites is 2. The Labute approximate surface area is 189 Å². The minimum absolute atomic E-state index is 0.208. The molecule has 2 aromatic carbocycles. The number of ether oxygens (including phenoxy) is 2. The number of rotatable bonds is 5. The third kappa shape index (κ3) is 3.29. The van der Waals surface area contributed by atoms with Crippen molar-refractivity contribution in [2.24, 2.45) is 0 Å². The van der Waals surface area contributed by atoms with Crippen molar-refractivity contribution in [1.82, 2.24) is 9.55 Å². The van der Waals surface area contributed by atoms with Crippen LogP contribution in [0.25, 0.3) is 11.0 Å². The summed E-state index contributed by atoms with van der Waals surface area (Å²) >= 11 is 1.62. The second-order valence-electron chi connectivity index (χ2n) is 7.40. The molecule has 1 aliphatic rings. The van der Waals surface area contributed by atoms with Gasteiger partial charge in [0.25, 0.3) is 5.91 Å². The van der Waals surface area contributed by atoms with Crippen LogP contribution < -0.4 is 20.1 Å². The van der Waals surface area contributed by atoms with Crippen molar-refractivity contribution in [2.45, 2.75) is 13.0 Å². The predicted molar refractivity (Wildman–Crippen MR) is 127 cm³/mol. The van der Waals surface area contributed by atoms with Gasteiger partial charge >= 0.3 is 0 Å². The number of carbonyl (C=O) groups excluding carboxylic acids is 1. The number of nitrogens with one attached hydrogen (secondary N) is 2. The van der Waals surface area contributed by atoms with Crippen molar-refractivity contribution in [3.63, 3.8) is 0 Å². The van der Waals surface area contributed by atoms with Gasteiger partial charge in [0.2, 0.25) is 5.95 Å². The van der Waals surface area contributed by atoms with Crippen LogP contribution >= 0.6 is 11.3 Å². The number of hydrogen-bond donors (Lipinski definition) is 2. The predicted octanol–water partition coefficient (Wildman–Crippen LogP) is 5.04. The van der Waals surface area contributed by atoms with Crippen molar-refractivity contribution >= 4 is 39.9 Å². The lowest BCUT2D eigenvalue weighted by molar-refractivity contribution is -0.113. The van der Waals surface area contributed by atoms with Crippen LogP contribution in [-0.2, 0) is 4.79 Å². The van der Waals surface area contributed by atoms with Crippen LogP contribution in [0.3, 0.4) is 0 Å². The van der Waals surface area contributed by atoms with Crippen LogP contribution in [0.5, 0.6) is 11.5 Å². The topological polar surface area (TPSA) is 77.4 Å². The van der Waals surface area contributed by atoms with Crippen molar-refractivity contribution in [2.75, 3.05) is 24.9 Å². The molecule has 0 saturated carbocycles. The third-order valence-corrected chi connectivity index (χ3v) is 6.47. The summed E-state index contributed by atoms with van der Waals surface area (Å²) in [6.07, 6.45) is 0. The quantitative estimate of drug-likeness (QED) is 0.449. The molecule has 0 bridgehead atoms. The highest BCUT2D eigenvalue weighted by Crippen LogP contribution is 2.41. The third-order valence-electron chi connectivity index (χ3n) is 5.54. The molecule has 0 fully saturated rings. The van der Waals surface area contributed by atoms with Crippen LogP contribution in [0.4, 0.5) is 11.6 Å². The number of amides is 1. The Hall–Kier alpha value is -3.78. The number of benzene rings is 2. The summed E-state index contributed by atoms with van der Waals surface area (Å²) in [5, 5.41) is 8.38. The fraction of sp³-hybridized carbons (Fsp3) is 0.167. The van der Waals surface area contributed by atoms with Crippen molar-refractivity contribution < 1.29 is 14.3 Å². The van der Waals surface area contributed by atoms with Crippen LogP contribution in [0, 0.1) is 0 Å². The highest BCUT2D eigenvalue weighted by Gasteiger charge is 2.34. The Balaban J connectivity index is 1.60. The summed E-state index contributed by atoms with van der Waals surface area (Å²) in [5.41, 5.74) is 3.80. The first-order valence-electron chi connectivity index (χ1n) is 10.1. The highest BCUT2D eigenvalue weighted by molar-refractivity contribution is 7.10. The average molecular weight is 447 g/mol. The lowest BCUT2D eigenvalue weighted by Gasteiger charge is -2.30. The average Bonchev–Trinajstić information content (AvgIpc) is 3.46. The number of hydrogen-bond acceptors (Lipinski definition) is 6. The molecule has 2 aromatic heterocycles. The summed E-state index contributed by atoms with van der Waals surface area (Å²) in [6, 6.07) is 17.0. The van der Waals surface area contributed by atoms with Crippen LogP contribution in [0.1, 0.15) is 17.8 Å². The number of thiophene rings is 1. The normalized spacial score (nSPS) is 15.3. The van der Waals surface area contributed by atoms with E-state index in [2.05, 4.69) is 15.2 Å². The number of nitrogens with zero attached hydrogens (tertiary/aromatic N) is 2. The Morgan fingerprint density at radius 3 is 2.72 bits per heavy atom. The van der Waals surface area contributed by atoms with Crippen molar-refractivity contribution in [1.29, 1.82) is 0 Å². The van der Waals surface area contributed by atoms with Gasteiger partial charge in [-0.2, -0.15) is 0 Å². The molecule has 7 nitrogen and oxygen atoms in total. The van der Waals surface area contributed by atoms with Crippen LogP contribution in [0.2, 0.25) is 0 Å². The zero-order valence-electron chi connectivity index (χ0n) is 17.9. The summed E-state index contributed by atoms with van der Waals surface area (Å²) < 4.78 is 12.8. The zero-order chi connectivity index (χ0) is 22.2. The molecule has 2 N–H and O–H groups in total. The molecule has 0 saturated heterocycles. The molecule has 162 valence electrons. The van der Waals surface area contributed by atoms with E-state index in [0.29, 0.717) is 22.8 Å². The van der Waals surface area contributed by atoms with Gasteiger partial charge in [-0.25, -0.2) is 4.98 Å². The molecule has 1 atom stereocenters. The summed E-state index contributed by atoms with van der Waals surface area (Å²) in [6.45, 7) is 1.91. The van der Waals surface area contributed by atoms with Gasteiger partial charge in [-0.15, -0.1) is 11.3 Å². The number of aromatic nitrogens is 2. The molecule has 1 aliphatic heterocycles. The number of methoxy groups -OCH3 is 2. The van der Waals surface area contributed by atoms with E-state index < -0.39 is 0 Å². The van der Waals surface area contributed by atoms with Gasteiger partial charge in [0.15, 0.2) is 0 Å². The monoisotopic (exact) mass is 446 g/mol. The summed E-state index contributed by atoms with van der Waals surface area (Å²) in [4.78, 5) is 19.5. The van der Waals surface area contributed by atoms with Gasteiger partial charge in [0, 0.05) is 16.6 Å². The molecule has 8 heteroatoms. The maximum atomic E-state index is 13.6. The lowest BCUT2D eigenvalue weighted by atomic mass is 9.99. The van der Waals surface area contributed by atoms with Gasteiger partial charge in [-0.05, 0) is 42.6 Å². The molecule has 0 spiro atoms. The molecule has 0 aliphatic carbocycles. The largest absolute Gasteiger partial charge is 0.497 e. The molecular formula is C24H22N4O3S. The number of anilines is 2. The van der Waals surface area contributed by atoms with Crippen molar-refractivity contribution in [3.05, 3.63) is 76.1 Å². The van der Waals surface area contributed by atoms with Crippen LogP contribution in [-0.4, -0.2) is 29.7 Å². The van der Waals surface area contributed by atoms with Crippen LogP contribution in [0.15, 0.2) is 71.2 Å². The molecule has 32 heavy (non-hydrogen) atoms. The first-order chi connectivity index (χ1) is 15.6. The van der Waals surface area contributed by atoms with E-state index in [4.69, 9.17) is 14.5 Å². The number of imidazole rings is 1. The Morgan fingerprint density at radius 2 is 1.97 bits per heavy atom. The van der Waals surface area contributed by atoms with Gasteiger partial charge in [-0.1, -0.05) is 18.2 Å². The smallest absolute Gasteiger partial charge is 0.255 e. The minimum atomic E-state index is -0.303. The first kappa shape index (κ1) is 20.1. The van der Waals surface area contributed by atoms with E-state index in [0.717, 1.165) is 27.6 Å². The van der Waals surface area contributed by atoms with E-state index in [-0.39, 0.29) is 11.9 Å². The fourth-order valence-electron chi connectivity index (χ4n) is 4.07. The Kier molecular flexibility index (Phi) is 5.07. The molecular weight excluding hydrogens is 424 g/mol. The second kappa shape index (κ2) is 8.05. The van der Waals surface area contributed by atoms with E-state index in [1.807, 2.05) is 48.7 Å². The van der Waals surface area contributed by atoms with E-state index in [1.54, 1.807) is 43.8 Å². The number of carbonyl (C=O) groups is 1. The minimum Gasteiger partial charge on any atom is -0.497 e. The summed E-state index contributed by atoms with van der Waals surface area (Å²) in [7, 11) is 3.16. The van der Waals surface area contributed by atoms with Gasteiger partial charge in [0.1, 0.15) is 17.5 Å². The SMILES string of the molecule is COc1ccc(NC(=O)C2=C(C)Nc3nc4ccccc4n3[C@H]2c2cccs2)c(OC)c1. The number of allylic oxidation sites excluding steroid dienone is 1. The maximum Gasteiger partial charge on any atom is 0.255 e. The highest BCUT2D eigenvalue weighted by atomic mass is 32.1. The maximum absolute atomic E-state index is 13.6. The number of fused-ring (bicyclic) bond motifs is 3. The van der Waals surface area contributed by atoms with E-state index in [9.17, 15) is 4.79 Å². The van der Waals surface area contributed by atoms with Crippen molar-refractivity contribution in [3.8, 4) is 11.5 Å². The fourth-order valence-corrected chi connectivity index (χ4v) is 4.89. The Bertz CT molecular complexity index is 1340. The first-order valence-corrected chi connectivity index (χ1v) is 11.0. The Morgan fingerprint density at radius 1 is 1.12 bits per heavy atom. The molecule has 5 rings (SSSR count). The molecule has 4 aromatic rings. The van der Waals surface area contributed by atoms with Gasteiger partial charge in [-0.3, -0.25) is 9.36 Å². The van der Waals surface area contributed by atoms with E-state index >= 15 is 0 Å². The standard InChI is InChI=1S/C24H22N4O3S/c1-14-21(23(29)26-17-11-10-15(30-2)13-19(17)31-3)22(20-9-6-12-32-20)28-18-8-5-4-7-16(18)27-24(28)25-14/h4-13,22H,1-3H3,(H,25,27)(H,26,29)/t22-/m0/s1. The molecule has 0 radical (unpaired) electrons. The zero-order valence-corrected chi connectivity index (χ0v) is 18.7. The summed E-state index contributed by atoms with van der Waals surface area (Å²) in [5.74, 6) is 1.70. The lowest BCUT2D eigenvalue weighted by Crippen LogP contribution is -2.30. The van der Waals surface area contributed by atoms with Gasteiger partial charge < -0.3 is 20.1 Å². The molecule has 3 heterocycles. The molecule has 1 amide bonds. The van der Waals surface area contributed by atoms with E-state index in [1.165, 1.54) is 0 Å². The van der Waals surface area contributed by atoms with Gasteiger partial charge in [0.05, 0.1) is 36.5 Å². The molecule has 0 unspecified atom stereocenters.